The van der Waals surface area contributed by atoms with Crippen molar-refractivity contribution >= 4 is 10.9 Å². The standard InChI is InChI=1S/C14H21N3O/c1-4-18-10-11(15-2)9-13-12-7-5-6-8-14(12)17(3)16-13/h5-8,11,15H,4,9-10H2,1-3H3. The van der Waals surface area contributed by atoms with Crippen molar-refractivity contribution in [2.45, 2.75) is 19.4 Å². The fourth-order valence-corrected chi connectivity index (χ4v) is 2.18. The van der Waals surface area contributed by atoms with Gasteiger partial charge < -0.3 is 10.1 Å². The summed E-state index contributed by atoms with van der Waals surface area (Å²) >= 11 is 0. The van der Waals surface area contributed by atoms with Gasteiger partial charge >= 0.3 is 0 Å². The van der Waals surface area contributed by atoms with Crippen LogP contribution in [0, 0.1) is 0 Å². The second-order valence-electron chi connectivity index (χ2n) is 4.44. The van der Waals surface area contributed by atoms with E-state index < -0.39 is 0 Å². The van der Waals surface area contributed by atoms with Crippen LogP contribution in [0.3, 0.4) is 0 Å². The number of nitrogens with one attached hydrogen (secondary N) is 1. The molecule has 0 aliphatic carbocycles. The Morgan fingerprint density at radius 2 is 2.17 bits per heavy atom. The summed E-state index contributed by atoms with van der Waals surface area (Å²) in [6.07, 6.45) is 0.887. The van der Waals surface area contributed by atoms with Crippen LogP contribution in [-0.2, 0) is 18.2 Å². The van der Waals surface area contributed by atoms with Crippen LogP contribution in [0.15, 0.2) is 24.3 Å². The van der Waals surface area contributed by atoms with E-state index >= 15 is 0 Å². The van der Waals surface area contributed by atoms with E-state index in [2.05, 4.69) is 28.6 Å². The average molecular weight is 247 g/mol. The molecule has 1 atom stereocenters. The quantitative estimate of drug-likeness (QED) is 0.845. The van der Waals surface area contributed by atoms with Gasteiger partial charge in [-0.1, -0.05) is 18.2 Å². The first-order valence-corrected chi connectivity index (χ1v) is 6.41. The Balaban J connectivity index is 2.20. The van der Waals surface area contributed by atoms with E-state index in [-0.39, 0.29) is 0 Å². The third-order valence-corrected chi connectivity index (χ3v) is 3.21. The van der Waals surface area contributed by atoms with Crippen molar-refractivity contribution in [3.05, 3.63) is 30.0 Å². The first-order chi connectivity index (χ1) is 8.76. The molecule has 98 valence electrons. The van der Waals surface area contributed by atoms with Gasteiger partial charge in [0, 0.05) is 31.5 Å². The topological polar surface area (TPSA) is 39.1 Å². The molecule has 0 aliphatic heterocycles. The number of likely N-dealkylation sites (N-methyl/N-ethyl adjacent to an activating group) is 1. The summed E-state index contributed by atoms with van der Waals surface area (Å²) in [5, 5.41) is 9.12. The monoisotopic (exact) mass is 247 g/mol. The molecule has 0 radical (unpaired) electrons. The fraction of sp³-hybridized carbons (Fsp3) is 0.500. The van der Waals surface area contributed by atoms with E-state index in [0.29, 0.717) is 6.04 Å². The molecule has 18 heavy (non-hydrogen) atoms. The van der Waals surface area contributed by atoms with Crippen LogP contribution < -0.4 is 5.32 Å². The zero-order valence-corrected chi connectivity index (χ0v) is 11.3. The van der Waals surface area contributed by atoms with Gasteiger partial charge in [0.1, 0.15) is 0 Å². The number of hydrogen-bond acceptors (Lipinski definition) is 3. The normalized spacial score (nSPS) is 13.1. The number of hydrogen-bond donors (Lipinski definition) is 1. The fourth-order valence-electron chi connectivity index (χ4n) is 2.18. The Hall–Kier alpha value is -1.39. The lowest BCUT2D eigenvalue weighted by atomic mass is 10.1. The van der Waals surface area contributed by atoms with Gasteiger partial charge in [0.25, 0.3) is 0 Å². The van der Waals surface area contributed by atoms with Crippen LogP contribution in [0.5, 0.6) is 0 Å². The maximum Gasteiger partial charge on any atom is 0.0719 e. The molecule has 0 saturated carbocycles. The second-order valence-corrected chi connectivity index (χ2v) is 4.44. The predicted octanol–water partition coefficient (Wildman–Crippen LogP) is 1.74. The molecule has 0 fully saturated rings. The number of aromatic nitrogens is 2. The molecule has 1 aromatic carbocycles. The molecule has 2 rings (SSSR count). The Kier molecular flexibility index (Phi) is 4.33. The molecule has 4 heteroatoms. The van der Waals surface area contributed by atoms with E-state index in [1.54, 1.807) is 0 Å². The first-order valence-electron chi connectivity index (χ1n) is 6.41. The summed E-state index contributed by atoms with van der Waals surface area (Å²) in [5.41, 5.74) is 2.31. The maximum atomic E-state index is 5.48. The molecule has 1 N–H and O–H groups in total. The lowest BCUT2D eigenvalue weighted by Gasteiger charge is -2.14. The van der Waals surface area contributed by atoms with Gasteiger partial charge in [-0.25, -0.2) is 0 Å². The van der Waals surface area contributed by atoms with Gasteiger partial charge in [-0.2, -0.15) is 5.10 Å². The Labute approximate surface area is 108 Å². The molecule has 0 saturated heterocycles. The van der Waals surface area contributed by atoms with Gasteiger partial charge in [0.2, 0.25) is 0 Å². The van der Waals surface area contributed by atoms with Crippen molar-refractivity contribution in [3.63, 3.8) is 0 Å². The van der Waals surface area contributed by atoms with Crippen LogP contribution in [-0.4, -0.2) is 36.1 Å². The molecule has 4 nitrogen and oxygen atoms in total. The molecule has 2 aromatic rings. The van der Waals surface area contributed by atoms with Crippen molar-refractivity contribution in [2.24, 2.45) is 7.05 Å². The lowest BCUT2D eigenvalue weighted by Crippen LogP contribution is -2.32. The highest BCUT2D eigenvalue weighted by Gasteiger charge is 2.13. The molecule has 0 aliphatic rings. The van der Waals surface area contributed by atoms with E-state index in [9.17, 15) is 0 Å². The third kappa shape index (κ3) is 2.71. The van der Waals surface area contributed by atoms with Crippen molar-refractivity contribution in [2.75, 3.05) is 20.3 Å². The predicted molar refractivity (Wildman–Crippen MR) is 73.8 cm³/mol. The SMILES string of the molecule is CCOCC(Cc1nn(C)c2ccccc12)NC. The van der Waals surface area contributed by atoms with Gasteiger partial charge in [-0.05, 0) is 20.0 Å². The van der Waals surface area contributed by atoms with E-state index in [1.807, 2.05) is 31.8 Å². The number of benzene rings is 1. The molecule has 1 aromatic heterocycles. The van der Waals surface area contributed by atoms with Gasteiger partial charge in [-0.3, -0.25) is 4.68 Å². The van der Waals surface area contributed by atoms with Crippen LogP contribution in [0.25, 0.3) is 10.9 Å². The van der Waals surface area contributed by atoms with Crippen LogP contribution >= 0.6 is 0 Å². The largest absolute Gasteiger partial charge is 0.380 e. The van der Waals surface area contributed by atoms with Crippen LogP contribution in [0.1, 0.15) is 12.6 Å². The van der Waals surface area contributed by atoms with Crippen molar-refractivity contribution < 1.29 is 4.74 Å². The minimum atomic E-state index is 0.309. The van der Waals surface area contributed by atoms with Gasteiger partial charge in [0.15, 0.2) is 0 Å². The van der Waals surface area contributed by atoms with Crippen molar-refractivity contribution in [1.29, 1.82) is 0 Å². The molecule has 1 unspecified atom stereocenters. The van der Waals surface area contributed by atoms with E-state index in [4.69, 9.17) is 4.74 Å². The smallest absolute Gasteiger partial charge is 0.0719 e. The van der Waals surface area contributed by atoms with Gasteiger partial charge in [0.05, 0.1) is 17.8 Å². The molecular weight excluding hydrogens is 226 g/mol. The minimum Gasteiger partial charge on any atom is -0.380 e. The Morgan fingerprint density at radius 3 is 2.89 bits per heavy atom. The number of ether oxygens (including phenoxy) is 1. The van der Waals surface area contributed by atoms with Crippen molar-refractivity contribution in [3.8, 4) is 0 Å². The number of rotatable bonds is 6. The van der Waals surface area contributed by atoms with E-state index in [1.165, 1.54) is 10.9 Å². The molecule has 1 heterocycles. The maximum absolute atomic E-state index is 5.48. The summed E-state index contributed by atoms with van der Waals surface area (Å²) in [7, 11) is 3.96. The molecule has 0 amide bonds. The second kappa shape index (κ2) is 5.98. The van der Waals surface area contributed by atoms with Crippen LogP contribution in [0.4, 0.5) is 0 Å². The molecule has 0 spiro atoms. The summed E-state index contributed by atoms with van der Waals surface area (Å²) in [6, 6.07) is 8.64. The summed E-state index contributed by atoms with van der Waals surface area (Å²) in [6.45, 7) is 3.49. The number of para-hydroxylation sites is 1. The average Bonchev–Trinajstić information content (AvgIpc) is 2.72. The Bertz CT molecular complexity index is 507. The first kappa shape index (κ1) is 13.1. The molecular formula is C14H21N3O. The van der Waals surface area contributed by atoms with Gasteiger partial charge in [-0.15, -0.1) is 0 Å². The highest BCUT2D eigenvalue weighted by Crippen LogP contribution is 2.18. The van der Waals surface area contributed by atoms with Crippen molar-refractivity contribution in [1.82, 2.24) is 15.1 Å². The highest BCUT2D eigenvalue weighted by molar-refractivity contribution is 5.81. The van der Waals surface area contributed by atoms with Crippen LogP contribution in [0.2, 0.25) is 0 Å². The zero-order chi connectivity index (χ0) is 13.0. The van der Waals surface area contributed by atoms with E-state index in [0.717, 1.165) is 25.3 Å². The molecule has 0 bridgehead atoms. The number of fused-ring (bicyclic) bond motifs is 1. The summed E-state index contributed by atoms with van der Waals surface area (Å²) in [4.78, 5) is 0. The number of nitrogens with zero attached hydrogens (tertiary/aromatic N) is 2. The summed E-state index contributed by atoms with van der Waals surface area (Å²) in [5.74, 6) is 0. The lowest BCUT2D eigenvalue weighted by molar-refractivity contribution is 0.125. The zero-order valence-electron chi connectivity index (χ0n) is 11.3. The summed E-state index contributed by atoms with van der Waals surface area (Å²) < 4.78 is 7.42. The Morgan fingerprint density at radius 1 is 1.39 bits per heavy atom. The third-order valence-electron chi connectivity index (χ3n) is 3.21. The minimum absolute atomic E-state index is 0.309. The highest BCUT2D eigenvalue weighted by atomic mass is 16.5. The number of aryl methyl sites for hydroxylation is 1.